The molecular formula is C16H18N4O2. The van der Waals surface area contributed by atoms with Crippen molar-refractivity contribution in [3.8, 4) is 11.3 Å². The van der Waals surface area contributed by atoms with Crippen molar-refractivity contribution in [2.75, 3.05) is 26.2 Å². The van der Waals surface area contributed by atoms with E-state index in [0.29, 0.717) is 31.7 Å². The molecule has 1 aromatic heterocycles. The summed E-state index contributed by atoms with van der Waals surface area (Å²) in [6.07, 6.45) is 1.70. The molecule has 6 nitrogen and oxygen atoms in total. The first-order chi connectivity index (χ1) is 10.6. The van der Waals surface area contributed by atoms with Gasteiger partial charge in [0.25, 0.3) is 5.91 Å². The van der Waals surface area contributed by atoms with Gasteiger partial charge in [0.2, 0.25) is 5.91 Å². The lowest BCUT2D eigenvalue weighted by Gasteiger charge is -2.34. The summed E-state index contributed by atoms with van der Waals surface area (Å²) in [4.78, 5) is 27.4. The molecule has 1 aliphatic rings. The number of piperazine rings is 1. The zero-order valence-electron chi connectivity index (χ0n) is 12.5. The summed E-state index contributed by atoms with van der Waals surface area (Å²) in [6.45, 7) is 3.94. The molecule has 0 spiro atoms. The summed E-state index contributed by atoms with van der Waals surface area (Å²) >= 11 is 0. The van der Waals surface area contributed by atoms with Crippen LogP contribution in [0.5, 0.6) is 0 Å². The van der Waals surface area contributed by atoms with Crippen LogP contribution >= 0.6 is 0 Å². The van der Waals surface area contributed by atoms with Crippen molar-refractivity contribution in [2.45, 2.75) is 6.92 Å². The third kappa shape index (κ3) is 2.86. The van der Waals surface area contributed by atoms with Gasteiger partial charge in [-0.1, -0.05) is 12.1 Å². The van der Waals surface area contributed by atoms with Gasteiger partial charge in [0, 0.05) is 44.9 Å². The van der Waals surface area contributed by atoms with Gasteiger partial charge in [-0.15, -0.1) is 0 Å². The maximum atomic E-state index is 12.5. The van der Waals surface area contributed by atoms with Crippen molar-refractivity contribution in [1.82, 2.24) is 20.0 Å². The van der Waals surface area contributed by atoms with E-state index in [-0.39, 0.29) is 11.8 Å². The van der Waals surface area contributed by atoms with Crippen LogP contribution < -0.4 is 0 Å². The molecule has 1 aliphatic heterocycles. The standard InChI is InChI=1S/C16H18N4O2/c1-12(21)19-8-10-20(11-9-19)16(22)14-4-2-13(3-5-14)15-6-7-17-18-15/h2-7H,8-11H2,1H3,(H,17,18). The van der Waals surface area contributed by atoms with E-state index in [1.54, 1.807) is 22.9 Å². The number of benzene rings is 1. The summed E-state index contributed by atoms with van der Waals surface area (Å²) < 4.78 is 0. The molecule has 0 saturated carbocycles. The molecule has 1 N–H and O–H groups in total. The Balaban J connectivity index is 1.67. The maximum absolute atomic E-state index is 12.5. The molecule has 6 heteroatoms. The van der Waals surface area contributed by atoms with Gasteiger partial charge in [-0.05, 0) is 23.8 Å². The highest BCUT2D eigenvalue weighted by Crippen LogP contribution is 2.18. The first kappa shape index (κ1) is 14.3. The zero-order valence-corrected chi connectivity index (χ0v) is 12.5. The average molecular weight is 298 g/mol. The minimum atomic E-state index is 0.0133. The molecule has 3 rings (SSSR count). The van der Waals surface area contributed by atoms with Gasteiger partial charge in [0.05, 0.1) is 5.69 Å². The van der Waals surface area contributed by atoms with Crippen molar-refractivity contribution in [2.24, 2.45) is 0 Å². The molecule has 2 aromatic rings. The molecule has 2 amide bonds. The van der Waals surface area contributed by atoms with Crippen LogP contribution in [0.25, 0.3) is 11.3 Å². The highest BCUT2D eigenvalue weighted by Gasteiger charge is 2.23. The predicted octanol–water partition coefficient (Wildman–Crippen LogP) is 1.38. The second-order valence-corrected chi connectivity index (χ2v) is 5.35. The Bertz CT molecular complexity index is 656. The van der Waals surface area contributed by atoms with Gasteiger partial charge >= 0.3 is 0 Å². The van der Waals surface area contributed by atoms with E-state index in [0.717, 1.165) is 11.3 Å². The Labute approximate surface area is 128 Å². The fourth-order valence-electron chi connectivity index (χ4n) is 2.62. The van der Waals surface area contributed by atoms with Gasteiger partial charge in [0.15, 0.2) is 0 Å². The number of aromatic amines is 1. The zero-order chi connectivity index (χ0) is 15.5. The second-order valence-electron chi connectivity index (χ2n) is 5.35. The first-order valence-electron chi connectivity index (χ1n) is 7.30. The van der Waals surface area contributed by atoms with E-state index >= 15 is 0 Å². The highest BCUT2D eigenvalue weighted by atomic mass is 16.2. The van der Waals surface area contributed by atoms with Crippen LogP contribution in [0, 0.1) is 0 Å². The van der Waals surface area contributed by atoms with Crippen LogP contribution in [-0.2, 0) is 4.79 Å². The van der Waals surface area contributed by atoms with E-state index in [2.05, 4.69) is 10.2 Å². The van der Waals surface area contributed by atoms with Crippen LogP contribution in [0.3, 0.4) is 0 Å². The monoisotopic (exact) mass is 298 g/mol. The van der Waals surface area contributed by atoms with Crippen molar-refractivity contribution in [1.29, 1.82) is 0 Å². The average Bonchev–Trinajstić information content (AvgIpc) is 3.09. The smallest absolute Gasteiger partial charge is 0.253 e. The lowest BCUT2D eigenvalue weighted by atomic mass is 10.1. The Hall–Kier alpha value is -2.63. The minimum Gasteiger partial charge on any atom is -0.339 e. The molecule has 0 radical (unpaired) electrons. The number of hydrogen-bond donors (Lipinski definition) is 1. The van der Waals surface area contributed by atoms with E-state index in [9.17, 15) is 9.59 Å². The number of rotatable bonds is 2. The van der Waals surface area contributed by atoms with Crippen molar-refractivity contribution >= 4 is 11.8 Å². The first-order valence-corrected chi connectivity index (χ1v) is 7.30. The Morgan fingerprint density at radius 2 is 1.64 bits per heavy atom. The molecule has 0 atom stereocenters. The third-order valence-corrected chi connectivity index (χ3v) is 3.96. The second kappa shape index (κ2) is 6.01. The van der Waals surface area contributed by atoms with Crippen molar-refractivity contribution in [3.63, 3.8) is 0 Å². The Kier molecular flexibility index (Phi) is 3.91. The number of carbonyl (C=O) groups excluding carboxylic acids is 2. The molecule has 1 saturated heterocycles. The summed E-state index contributed by atoms with van der Waals surface area (Å²) in [5.74, 6) is 0.0790. The van der Waals surface area contributed by atoms with E-state index in [1.165, 1.54) is 0 Å². The van der Waals surface area contributed by atoms with Crippen LogP contribution in [0.1, 0.15) is 17.3 Å². The van der Waals surface area contributed by atoms with Crippen molar-refractivity contribution < 1.29 is 9.59 Å². The number of nitrogens with one attached hydrogen (secondary N) is 1. The summed E-state index contributed by atoms with van der Waals surface area (Å²) in [7, 11) is 0. The van der Waals surface area contributed by atoms with Gasteiger partial charge in [-0.3, -0.25) is 14.7 Å². The molecule has 1 fully saturated rings. The molecule has 1 aromatic carbocycles. The van der Waals surface area contributed by atoms with Gasteiger partial charge in [-0.25, -0.2) is 0 Å². The van der Waals surface area contributed by atoms with Crippen molar-refractivity contribution in [3.05, 3.63) is 42.1 Å². The van der Waals surface area contributed by atoms with Gasteiger partial charge in [-0.2, -0.15) is 5.10 Å². The fourth-order valence-corrected chi connectivity index (χ4v) is 2.62. The number of nitrogens with zero attached hydrogens (tertiary/aromatic N) is 3. The van der Waals surface area contributed by atoms with E-state index in [4.69, 9.17) is 0 Å². The van der Waals surface area contributed by atoms with Crippen LogP contribution in [0.4, 0.5) is 0 Å². The molecule has 2 heterocycles. The topological polar surface area (TPSA) is 69.3 Å². The fraction of sp³-hybridized carbons (Fsp3) is 0.312. The molecule has 22 heavy (non-hydrogen) atoms. The normalized spacial score (nSPS) is 15.0. The SMILES string of the molecule is CC(=O)N1CCN(C(=O)c2ccc(-c3ccn[nH]3)cc2)CC1. The van der Waals surface area contributed by atoms with Crippen LogP contribution in [0.2, 0.25) is 0 Å². The lowest BCUT2D eigenvalue weighted by Crippen LogP contribution is -2.50. The summed E-state index contributed by atoms with van der Waals surface area (Å²) in [5, 5.41) is 6.82. The summed E-state index contributed by atoms with van der Waals surface area (Å²) in [6, 6.07) is 9.36. The third-order valence-electron chi connectivity index (χ3n) is 3.96. The molecule has 0 bridgehead atoms. The largest absolute Gasteiger partial charge is 0.339 e. The Morgan fingerprint density at radius 1 is 1.00 bits per heavy atom. The molecule has 0 unspecified atom stereocenters. The summed E-state index contributed by atoms with van der Waals surface area (Å²) in [5.41, 5.74) is 2.59. The lowest BCUT2D eigenvalue weighted by molar-refractivity contribution is -0.130. The quantitative estimate of drug-likeness (QED) is 0.910. The number of amides is 2. The van der Waals surface area contributed by atoms with E-state index < -0.39 is 0 Å². The minimum absolute atomic E-state index is 0.0133. The number of aromatic nitrogens is 2. The van der Waals surface area contributed by atoms with Crippen LogP contribution in [-0.4, -0.2) is 58.0 Å². The van der Waals surface area contributed by atoms with Gasteiger partial charge < -0.3 is 9.80 Å². The predicted molar refractivity (Wildman–Crippen MR) is 82.2 cm³/mol. The molecule has 114 valence electrons. The maximum Gasteiger partial charge on any atom is 0.253 e. The van der Waals surface area contributed by atoms with Crippen LogP contribution in [0.15, 0.2) is 36.5 Å². The van der Waals surface area contributed by atoms with E-state index in [1.807, 2.05) is 30.3 Å². The number of H-pyrrole nitrogens is 1. The molecule has 0 aliphatic carbocycles. The van der Waals surface area contributed by atoms with Gasteiger partial charge in [0.1, 0.15) is 0 Å². The number of carbonyl (C=O) groups is 2. The highest BCUT2D eigenvalue weighted by molar-refractivity contribution is 5.94. The number of hydrogen-bond acceptors (Lipinski definition) is 3. The molecular weight excluding hydrogens is 280 g/mol. The Morgan fingerprint density at radius 3 is 2.18 bits per heavy atom.